The molecule has 2 rings (SSSR count). The lowest BCUT2D eigenvalue weighted by Crippen LogP contribution is -2.38. The monoisotopic (exact) mass is 458 g/mol. The van der Waals surface area contributed by atoms with Gasteiger partial charge in [0.25, 0.3) is 0 Å². The molecule has 3 atom stereocenters. The number of halogens is 7. The van der Waals surface area contributed by atoms with Crippen LogP contribution in [0.25, 0.3) is 0 Å². The summed E-state index contributed by atoms with van der Waals surface area (Å²) < 4.78 is 74.9. The van der Waals surface area contributed by atoms with Gasteiger partial charge in [0.15, 0.2) is 6.10 Å². The highest BCUT2D eigenvalue weighted by atomic mass is 35.6. The zero-order valence-corrected chi connectivity index (χ0v) is 15.6. The zero-order valence-electron chi connectivity index (χ0n) is 12.5. The second-order valence-corrected chi connectivity index (χ2v) is 9.42. The summed E-state index contributed by atoms with van der Waals surface area (Å²) in [5.41, 5.74) is 0.233. The topological polar surface area (TPSA) is 61.8 Å². The maximum atomic E-state index is 13.1. The normalized spacial score (nSPS) is 25.4. The fraction of sp³-hybridized carbons (Fsp3) is 0.462. The Labute approximate surface area is 160 Å². The number of hydrogen-bond donors (Lipinski definition) is 0. The van der Waals surface area contributed by atoms with Crippen LogP contribution in [0.3, 0.4) is 0 Å². The molecule has 0 aromatic heterocycles. The minimum absolute atomic E-state index is 0.233. The van der Waals surface area contributed by atoms with Gasteiger partial charge in [-0.1, -0.05) is 65.1 Å². The van der Waals surface area contributed by atoms with E-state index >= 15 is 0 Å². The molecular weight excluding hydrogens is 449 g/mol. The van der Waals surface area contributed by atoms with E-state index in [0.29, 0.717) is 0 Å². The lowest BCUT2D eigenvalue weighted by atomic mass is 10.1. The van der Waals surface area contributed by atoms with Gasteiger partial charge in [0.1, 0.15) is 6.61 Å². The fourth-order valence-corrected chi connectivity index (χ4v) is 4.91. The lowest BCUT2D eigenvalue weighted by molar-refractivity contribution is -0.170. The fourth-order valence-electron chi connectivity index (χ4n) is 1.93. The van der Waals surface area contributed by atoms with Crippen LogP contribution in [-0.2, 0) is 23.1 Å². The molecule has 3 unspecified atom stereocenters. The van der Waals surface area contributed by atoms with Crippen LogP contribution in [0.15, 0.2) is 30.3 Å². The molecule has 146 valence electrons. The number of ether oxygens (including phenoxy) is 1. The van der Waals surface area contributed by atoms with Crippen molar-refractivity contribution in [2.24, 2.45) is 0 Å². The van der Waals surface area contributed by atoms with Gasteiger partial charge in [-0.25, -0.2) is 18.1 Å². The standard InChI is InChI=1S/C13H10Cl3F4O5P/c14-13(15,16)11(23-6-12(19,20)10(17)18)26(22)24-8(9(21)25-26)7-4-2-1-3-5-7/h1-5,8,10-11H,6H2. The van der Waals surface area contributed by atoms with E-state index in [9.17, 15) is 26.9 Å². The summed E-state index contributed by atoms with van der Waals surface area (Å²) in [6.45, 7) is -1.94. The maximum absolute atomic E-state index is 13.1. The Hall–Kier alpha value is -0.570. The highest BCUT2D eigenvalue weighted by Crippen LogP contribution is 2.66. The largest absolute Gasteiger partial charge is 0.415 e. The number of alkyl halides is 7. The van der Waals surface area contributed by atoms with E-state index in [1.54, 1.807) is 18.2 Å². The van der Waals surface area contributed by atoms with Crippen LogP contribution in [0, 0.1) is 0 Å². The second-order valence-electron chi connectivity index (χ2n) is 5.11. The Morgan fingerprint density at radius 1 is 1.19 bits per heavy atom. The van der Waals surface area contributed by atoms with Crippen molar-refractivity contribution >= 4 is 48.4 Å². The summed E-state index contributed by atoms with van der Waals surface area (Å²) in [6, 6.07) is 7.60. The molecule has 0 saturated carbocycles. The second kappa shape index (κ2) is 7.81. The van der Waals surface area contributed by atoms with E-state index in [0.717, 1.165) is 0 Å². The van der Waals surface area contributed by atoms with E-state index in [-0.39, 0.29) is 5.56 Å². The number of carbonyl (C=O) groups excluding carboxylic acids is 1. The summed E-state index contributed by atoms with van der Waals surface area (Å²) in [7, 11) is -4.74. The predicted molar refractivity (Wildman–Crippen MR) is 84.9 cm³/mol. The van der Waals surface area contributed by atoms with Gasteiger partial charge >= 0.3 is 25.9 Å². The average molecular weight is 460 g/mol. The highest BCUT2D eigenvalue weighted by molar-refractivity contribution is 7.56. The van der Waals surface area contributed by atoms with Crippen LogP contribution in [0.2, 0.25) is 0 Å². The van der Waals surface area contributed by atoms with Crippen LogP contribution in [-0.4, -0.2) is 34.6 Å². The van der Waals surface area contributed by atoms with E-state index in [1.807, 2.05) is 0 Å². The quantitative estimate of drug-likeness (QED) is 0.336. The molecule has 13 heteroatoms. The van der Waals surface area contributed by atoms with Crippen molar-refractivity contribution < 1.29 is 40.7 Å². The molecule has 0 radical (unpaired) electrons. The number of carbonyl (C=O) groups is 1. The smallest absolute Gasteiger partial charge is 0.388 e. The molecule has 1 aromatic carbocycles. The van der Waals surface area contributed by atoms with Gasteiger partial charge in [0, 0.05) is 0 Å². The van der Waals surface area contributed by atoms with Gasteiger partial charge in [-0.15, -0.1) is 0 Å². The van der Waals surface area contributed by atoms with Gasteiger partial charge in [-0.05, 0) is 5.56 Å². The molecule has 0 spiro atoms. The first-order valence-electron chi connectivity index (χ1n) is 6.77. The molecule has 1 heterocycles. The Kier molecular flexibility index (Phi) is 6.53. The van der Waals surface area contributed by atoms with Gasteiger partial charge in [0.2, 0.25) is 9.64 Å². The SMILES string of the molecule is O=C1OP(=O)(C(OCC(F)(F)C(F)F)C(Cl)(Cl)Cl)OC1c1ccccc1. The zero-order chi connectivity index (χ0) is 19.8. The molecule has 26 heavy (non-hydrogen) atoms. The van der Waals surface area contributed by atoms with Crippen LogP contribution in [0.1, 0.15) is 11.7 Å². The number of benzene rings is 1. The third-order valence-electron chi connectivity index (χ3n) is 3.11. The van der Waals surface area contributed by atoms with Crippen molar-refractivity contribution in [3.63, 3.8) is 0 Å². The highest BCUT2D eigenvalue weighted by Gasteiger charge is 2.59. The molecule has 1 saturated heterocycles. The third-order valence-corrected chi connectivity index (χ3v) is 6.21. The summed E-state index contributed by atoms with van der Waals surface area (Å²) >= 11 is 16.6. The summed E-state index contributed by atoms with van der Waals surface area (Å²) in [4.78, 5) is 12.0. The average Bonchev–Trinajstić information content (AvgIpc) is 2.82. The van der Waals surface area contributed by atoms with Crippen molar-refractivity contribution in [2.45, 2.75) is 28.1 Å². The molecule has 0 N–H and O–H groups in total. The molecular formula is C13H10Cl3F4O5P. The van der Waals surface area contributed by atoms with Crippen LogP contribution >= 0.6 is 42.4 Å². The number of hydrogen-bond acceptors (Lipinski definition) is 5. The lowest BCUT2D eigenvalue weighted by Gasteiger charge is -2.28. The minimum Gasteiger partial charge on any atom is -0.388 e. The van der Waals surface area contributed by atoms with Gasteiger partial charge in [0.05, 0.1) is 0 Å². The van der Waals surface area contributed by atoms with E-state index in [2.05, 4.69) is 9.26 Å². The third kappa shape index (κ3) is 4.82. The van der Waals surface area contributed by atoms with E-state index in [1.165, 1.54) is 12.1 Å². The molecule has 1 aliphatic heterocycles. The van der Waals surface area contributed by atoms with Crippen molar-refractivity contribution in [1.82, 2.24) is 0 Å². The molecule has 0 aliphatic carbocycles. The Bertz CT molecular complexity index is 701. The molecule has 0 amide bonds. The van der Waals surface area contributed by atoms with Crippen molar-refractivity contribution in [3.8, 4) is 0 Å². The van der Waals surface area contributed by atoms with Crippen LogP contribution < -0.4 is 0 Å². The van der Waals surface area contributed by atoms with Crippen molar-refractivity contribution in [3.05, 3.63) is 35.9 Å². The van der Waals surface area contributed by atoms with Crippen molar-refractivity contribution in [2.75, 3.05) is 6.61 Å². The Balaban J connectivity index is 2.25. The van der Waals surface area contributed by atoms with E-state index in [4.69, 9.17) is 39.3 Å². The van der Waals surface area contributed by atoms with E-state index < -0.39 is 48.3 Å². The van der Waals surface area contributed by atoms with Crippen LogP contribution in [0.4, 0.5) is 17.6 Å². The molecule has 0 bridgehead atoms. The predicted octanol–water partition coefficient (Wildman–Crippen LogP) is 5.11. The summed E-state index contributed by atoms with van der Waals surface area (Å²) in [5, 5.41) is 0. The molecule has 1 aliphatic rings. The molecule has 1 fully saturated rings. The Morgan fingerprint density at radius 2 is 1.77 bits per heavy atom. The Morgan fingerprint density at radius 3 is 2.27 bits per heavy atom. The number of rotatable bonds is 6. The first kappa shape index (κ1) is 21.7. The molecule has 1 aromatic rings. The van der Waals surface area contributed by atoms with Crippen LogP contribution in [0.5, 0.6) is 0 Å². The summed E-state index contributed by atoms with van der Waals surface area (Å²) in [5.74, 6) is -8.10. The maximum Gasteiger partial charge on any atom is 0.415 e. The van der Waals surface area contributed by atoms with Crippen molar-refractivity contribution in [1.29, 1.82) is 0 Å². The summed E-state index contributed by atoms with van der Waals surface area (Å²) in [6.07, 6.45) is -5.57. The first-order valence-corrected chi connectivity index (χ1v) is 9.52. The van der Waals surface area contributed by atoms with Gasteiger partial charge in [-0.2, -0.15) is 8.78 Å². The van der Waals surface area contributed by atoms with Gasteiger partial charge in [-0.3, -0.25) is 4.52 Å². The first-order chi connectivity index (χ1) is 11.9. The minimum atomic E-state index is -4.74. The molecule has 5 nitrogen and oxygen atoms in total. The van der Waals surface area contributed by atoms with Gasteiger partial charge < -0.3 is 9.26 Å².